The minimum atomic E-state index is -0.193. The van der Waals surface area contributed by atoms with E-state index in [4.69, 9.17) is 0 Å². The summed E-state index contributed by atoms with van der Waals surface area (Å²) in [5.74, 6) is 0.0491. The molecule has 1 aromatic carbocycles. The number of hydrogen-bond donors (Lipinski definition) is 1. The number of anilines is 1. The molecule has 0 spiro atoms. The summed E-state index contributed by atoms with van der Waals surface area (Å²) in [6.07, 6.45) is 1.74. The van der Waals surface area contributed by atoms with Gasteiger partial charge in [-0.05, 0) is 31.4 Å². The Morgan fingerprint density at radius 2 is 1.97 bits per heavy atom. The first-order valence-corrected chi connectivity index (χ1v) is 10.9. The zero-order chi connectivity index (χ0) is 21.1. The Balaban J connectivity index is 1.61. The first-order valence-electron chi connectivity index (χ1n) is 10.0. The van der Waals surface area contributed by atoms with E-state index in [2.05, 4.69) is 20.3 Å². The van der Waals surface area contributed by atoms with Gasteiger partial charge < -0.3 is 15.1 Å². The maximum absolute atomic E-state index is 13.0. The molecule has 4 rings (SSSR count). The van der Waals surface area contributed by atoms with E-state index in [1.54, 1.807) is 21.3 Å². The van der Waals surface area contributed by atoms with Gasteiger partial charge in [-0.15, -0.1) is 0 Å². The number of nitrogens with one attached hydrogen (secondary N) is 1. The minimum Gasteiger partial charge on any atom is -0.339 e. The standard InChI is InChI=1S/C21H24N6O2S/c1-3-25(4-2)20(29)17-13-23-27(15-8-6-5-7-9-15)19(17)24-18(28)12-16-14-30-21-22-10-11-26(16)21/h5-9,13-14H,3-4,10-12H2,1-2H3,(H,24,28). The molecule has 3 heterocycles. The summed E-state index contributed by atoms with van der Waals surface area (Å²) in [5.41, 5.74) is 2.08. The number of amides is 2. The van der Waals surface area contributed by atoms with Crippen molar-refractivity contribution in [3.63, 3.8) is 0 Å². The molecule has 2 aliphatic heterocycles. The molecule has 0 radical (unpaired) electrons. The zero-order valence-corrected chi connectivity index (χ0v) is 17.9. The monoisotopic (exact) mass is 424 g/mol. The number of benzene rings is 1. The van der Waals surface area contributed by atoms with Crippen LogP contribution in [-0.4, -0.2) is 62.7 Å². The average molecular weight is 425 g/mol. The van der Waals surface area contributed by atoms with Gasteiger partial charge in [-0.2, -0.15) is 5.10 Å². The van der Waals surface area contributed by atoms with E-state index >= 15 is 0 Å². The van der Waals surface area contributed by atoms with Gasteiger partial charge in [0, 0.05) is 25.3 Å². The Bertz CT molecular complexity index is 1010. The molecule has 0 saturated carbocycles. The highest BCUT2D eigenvalue weighted by Crippen LogP contribution is 2.31. The molecule has 2 amide bonds. The van der Waals surface area contributed by atoms with Crippen LogP contribution < -0.4 is 5.32 Å². The molecule has 156 valence electrons. The number of rotatable bonds is 7. The molecule has 2 aliphatic rings. The van der Waals surface area contributed by atoms with Gasteiger partial charge in [0.25, 0.3) is 5.91 Å². The summed E-state index contributed by atoms with van der Waals surface area (Å²) in [7, 11) is 0. The third kappa shape index (κ3) is 3.85. The lowest BCUT2D eigenvalue weighted by molar-refractivity contribution is -0.115. The van der Waals surface area contributed by atoms with Crippen LogP contribution in [0, 0.1) is 0 Å². The Hall–Kier alpha value is -3.07. The number of fused-ring (bicyclic) bond motifs is 1. The normalized spacial score (nSPS) is 14.9. The summed E-state index contributed by atoms with van der Waals surface area (Å²) >= 11 is 1.54. The number of amidine groups is 1. The Labute approximate surface area is 179 Å². The van der Waals surface area contributed by atoms with Crippen molar-refractivity contribution in [3.05, 3.63) is 53.2 Å². The van der Waals surface area contributed by atoms with Gasteiger partial charge in [0.2, 0.25) is 5.91 Å². The quantitative estimate of drug-likeness (QED) is 0.739. The van der Waals surface area contributed by atoms with E-state index in [-0.39, 0.29) is 18.2 Å². The third-order valence-electron chi connectivity index (χ3n) is 5.10. The predicted octanol–water partition coefficient (Wildman–Crippen LogP) is 2.94. The molecule has 0 aliphatic carbocycles. The van der Waals surface area contributed by atoms with Crippen molar-refractivity contribution in [1.29, 1.82) is 0 Å². The SMILES string of the molecule is CCN(CC)C(=O)c1cnn(-c2ccccc2)c1NC(=O)CC1=CSC2=NCCN12. The number of para-hydroxylation sites is 1. The van der Waals surface area contributed by atoms with Gasteiger partial charge in [0.15, 0.2) is 5.17 Å². The van der Waals surface area contributed by atoms with Crippen LogP contribution in [-0.2, 0) is 4.79 Å². The van der Waals surface area contributed by atoms with E-state index in [1.165, 1.54) is 6.20 Å². The summed E-state index contributed by atoms with van der Waals surface area (Å²) in [6.45, 7) is 6.59. The van der Waals surface area contributed by atoms with Crippen LogP contribution in [0.25, 0.3) is 5.69 Å². The molecule has 0 unspecified atom stereocenters. The van der Waals surface area contributed by atoms with Crippen LogP contribution >= 0.6 is 11.8 Å². The number of carbonyl (C=O) groups excluding carboxylic acids is 2. The van der Waals surface area contributed by atoms with Crippen LogP contribution in [0.15, 0.2) is 52.6 Å². The van der Waals surface area contributed by atoms with Crippen molar-refractivity contribution < 1.29 is 9.59 Å². The van der Waals surface area contributed by atoms with Crippen molar-refractivity contribution >= 4 is 34.6 Å². The van der Waals surface area contributed by atoms with E-state index < -0.39 is 0 Å². The lowest BCUT2D eigenvalue weighted by Gasteiger charge is -2.20. The minimum absolute atomic E-state index is 0.151. The molecule has 9 heteroatoms. The molecule has 2 aromatic rings. The topological polar surface area (TPSA) is 82.8 Å². The van der Waals surface area contributed by atoms with Crippen molar-refractivity contribution in [2.45, 2.75) is 20.3 Å². The fourth-order valence-electron chi connectivity index (χ4n) is 3.53. The van der Waals surface area contributed by atoms with Gasteiger partial charge >= 0.3 is 0 Å². The second-order valence-electron chi connectivity index (χ2n) is 6.90. The van der Waals surface area contributed by atoms with Crippen molar-refractivity contribution in [3.8, 4) is 5.69 Å². The van der Waals surface area contributed by atoms with E-state index in [9.17, 15) is 9.59 Å². The molecule has 1 N–H and O–H groups in total. The fourth-order valence-corrected chi connectivity index (χ4v) is 4.48. The Kier molecular flexibility index (Phi) is 5.89. The first kappa shape index (κ1) is 20.2. The van der Waals surface area contributed by atoms with E-state index in [0.717, 1.165) is 29.6 Å². The first-order chi connectivity index (χ1) is 14.6. The number of aliphatic imine (C=N–C) groups is 1. The second kappa shape index (κ2) is 8.74. The lowest BCUT2D eigenvalue weighted by Crippen LogP contribution is -2.31. The van der Waals surface area contributed by atoms with E-state index in [1.807, 2.05) is 49.6 Å². The molecule has 8 nitrogen and oxygen atoms in total. The third-order valence-corrected chi connectivity index (χ3v) is 6.05. The predicted molar refractivity (Wildman–Crippen MR) is 119 cm³/mol. The van der Waals surface area contributed by atoms with Gasteiger partial charge in [0.05, 0.1) is 24.8 Å². The maximum atomic E-state index is 13.0. The molecule has 30 heavy (non-hydrogen) atoms. The molecular weight excluding hydrogens is 400 g/mol. The van der Waals surface area contributed by atoms with Crippen LogP contribution in [0.3, 0.4) is 0 Å². The number of aromatic nitrogens is 2. The lowest BCUT2D eigenvalue weighted by atomic mass is 10.2. The van der Waals surface area contributed by atoms with E-state index in [0.29, 0.717) is 24.5 Å². The van der Waals surface area contributed by atoms with Crippen molar-refractivity contribution in [2.24, 2.45) is 4.99 Å². The number of thioether (sulfide) groups is 1. The van der Waals surface area contributed by atoms with Crippen LogP contribution in [0.1, 0.15) is 30.6 Å². The summed E-state index contributed by atoms with van der Waals surface area (Å²) in [5, 5.41) is 10.3. The van der Waals surface area contributed by atoms with Crippen LogP contribution in [0.4, 0.5) is 5.82 Å². The van der Waals surface area contributed by atoms with Crippen LogP contribution in [0.5, 0.6) is 0 Å². The Morgan fingerprint density at radius 1 is 1.20 bits per heavy atom. The summed E-state index contributed by atoms with van der Waals surface area (Å²) in [4.78, 5) is 34.2. The molecule has 0 fully saturated rings. The Morgan fingerprint density at radius 3 is 2.70 bits per heavy atom. The van der Waals surface area contributed by atoms with Crippen LogP contribution in [0.2, 0.25) is 0 Å². The molecule has 0 saturated heterocycles. The summed E-state index contributed by atoms with van der Waals surface area (Å²) < 4.78 is 1.61. The maximum Gasteiger partial charge on any atom is 0.259 e. The van der Waals surface area contributed by atoms with Gasteiger partial charge in [-0.3, -0.25) is 14.6 Å². The molecular formula is C21H24N6O2S. The average Bonchev–Trinajstić information content (AvgIpc) is 3.47. The fraction of sp³-hybridized carbons (Fsp3) is 0.333. The molecule has 0 atom stereocenters. The van der Waals surface area contributed by atoms with Gasteiger partial charge in [-0.1, -0.05) is 30.0 Å². The number of hydrogen-bond acceptors (Lipinski definition) is 6. The van der Waals surface area contributed by atoms with Gasteiger partial charge in [-0.25, -0.2) is 4.68 Å². The number of nitrogens with zero attached hydrogens (tertiary/aromatic N) is 5. The van der Waals surface area contributed by atoms with Crippen molar-refractivity contribution in [1.82, 2.24) is 19.6 Å². The highest BCUT2D eigenvalue weighted by Gasteiger charge is 2.29. The highest BCUT2D eigenvalue weighted by atomic mass is 32.2. The highest BCUT2D eigenvalue weighted by molar-refractivity contribution is 8.16. The zero-order valence-electron chi connectivity index (χ0n) is 17.0. The summed E-state index contributed by atoms with van der Waals surface area (Å²) in [6, 6.07) is 9.47. The number of carbonyl (C=O) groups is 2. The smallest absolute Gasteiger partial charge is 0.259 e. The molecule has 0 bridgehead atoms. The van der Waals surface area contributed by atoms with Gasteiger partial charge in [0.1, 0.15) is 11.4 Å². The largest absolute Gasteiger partial charge is 0.339 e. The second-order valence-corrected chi connectivity index (χ2v) is 7.74. The molecule has 1 aromatic heterocycles. The van der Waals surface area contributed by atoms with Crippen molar-refractivity contribution in [2.75, 3.05) is 31.5 Å².